The molecule has 17 heavy (non-hydrogen) atoms. The minimum absolute atomic E-state index is 0.0711. The highest BCUT2D eigenvalue weighted by Crippen LogP contribution is 2.49. The molecule has 1 saturated heterocycles. The Morgan fingerprint density at radius 3 is 2.94 bits per heavy atom. The van der Waals surface area contributed by atoms with Crippen LogP contribution in [0.15, 0.2) is 11.8 Å². The van der Waals surface area contributed by atoms with Crippen LogP contribution in [0.2, 0.25) is 0 Å². The second-order valence-electron chi connectivity index (χ2n) is 5.39. The van der Waals surface area contributed by atoms with Crippen LogP contribution >= 0.6 is 0 Å². The van der Waals surface area contributed by atoms with E-state index in [0.29, 0.717) is 5.92 Å². The van der Waals surface area contributed by atoms with Crippen LogP contribution in [0.3, 0.4) is 0 Å². The van der Waals surface area contributed by atoms with Gasteiger partial charge < -0.3 is 14.7 Å². The minimum atomic E-state index is -0.542. The summed E-state index contributed by atoms with van der Waals surface area (Å²) in [6.07, 6.45) is 4.91. The highest BCUT2D eigenvalue weighted by Gasteiger charge is 2.57. The quantitative estimate of drug-likeness (QED) is 0.726. The first kappa shape index (κ1) is 11.2. The zero-order chi connectivity index (χ0) is 12.2. The Hall–Kier alpha value is -0.870. The number of carbonyl (C=O) groups excluding carboxylic acids is 1. The van der Waals surface area contributed by atoms with E-state index in [4.69, 9.17) is 4.74 Å². The third kappa shape index (κ3) is 1.40. The van der Waals surface area contributed by atoms with Crippen molar-refractivity contribution in [3.63, 3.8) is 0 Å². The van der Waals surface area contributed by atoms with Gasteiger partial charge in [-0.15, -0.1) is 0 Å². The van der Waals surface area contributed by atoms with Crippen LogP contribution in [0.1, 0.15) is 26.2 Å². The third-order valence-corrected chi connectivity index (χ3v) is 4.51. The third-order valence-electron chi connectivity index (χ3n) is 4.51. The first-order valence-electron chi connectivity index (χ1n) is 6.39. The molecule has 0 aromatic rings. The molecule has 0 aromatic heterocycles. The van der Waals surface area contributed by atoms with Gasteiger partial charge in [-0.05, 0) is 31.8 Å². The second kappa shape index (κ2) is 3.82. The smallest absolute Gasteiger partial charge is 0.234 e. The van der Waals surface area contributed by atoms with Crippen molar-refractivity contribution in [2.24, 2.45) is 11.8 Å². The Labute approximate surface area is 101 Å². The lowest BCUT2D eigenvalue weighted by Gasteiger charge is -2.47. The highest BCUT2D eigenvalue weighted by atomic mass is 16.5. The lowest BCUT2D eigenvalue weighted by molar-refractivity contribution is -0.159. The van der Waals surface area contributed by atoms with Crippen LogP contribution in [-0.4, -0.2) is 41.3 Å². The van der Waals surface area contributed by atoms with E-state index in [2.05, 4.69) is 0 Å². The SMILES string of the molecule is CO[C@H]1CCC[C@H]2C1=CN1C(=O)[C@H]([C@@H](C)O)[C@@H]21. The van der Waals surface area contributed by atoms with E-state index in [1.807, 2.05) is 11.1 Å². The Balaban J connectivity index is 1.87. The number of fused-ring (bicyclic) bond motifs is 3. The average molecular weight is 237 g/mol. The summed E-state index contributed by atoms with van der Waals surface area (Å²) in [6.45, 7) is 1.72. The number of aliphatic hydroxyl groups is 1. The van der Waals surface area contributed by atoms with Gasteiger partial charge in [-0.25, -0.2) is 0 Å². The molecular formula is C13H19NO3. The van der Waals surface area contributed by atoms with Crippen LogP contribution in [0, 0.1) is 11.8 Å². The Morgan fingerprint density at radius 2 is 2.29 bits per heavy atom. The number of nitrogens with zero attached hydrogens (tertiary/aromatic N) is 1. The number of hydrogen-bond acceptors (Lipinski definition) is 3. The minimum Gasteiger partial charge on any atom is -0.393 e. The Bertz CT molecular complexity index is 377. The molecule has 0 bridgehead atoms. The number of β-lactam (4-membered cyclic amide) rings is 1. The number of rotatable bonds is 2. The van der Waals surface area contributed by atoms with Crippen molar-refractivity contribution in [2.75, 3.05) is 7.11 Å². The maximum Gasteiger partial charge on any atom is 0.234 e. The van der Waals surface area contributed by atoms with Crippen LogP contribution in [0.5, 0.6) is 0 Å². The first-order valence-corrected chi connectivity index (χ1v) is 6.39. The van der Waals surface area contributed by atoms with E-state index >= 15 is 0 Å². The zero-order valence-corrected chi connectivity index (χ0v) is 10.3. The molecule has 94 valence electrons. The molecular weight excluding hydrogens is 218 g/mol. The van der Waals surface area contributed by atoms with E-state index in [-0.39, 0.29) is 24.0 Å². The molecule has 4 nitrogen and oxygen atoms in total. The van der Waals surface area contributed by atoms with E-state index in [0.717, 1.165) is 19.3 Å². The fraction of sp³-hybridized carbons (Fsp3) is 0.769. The summed E-state index contributed by atoms with van der Waals surface area (Å²) in [5.41, 5.74) is 1.26. The van der Waals surface area contributed by atoms with Crippen LogP contribution < -0.4 is 0 Å². The molecule has 3 aliphatic rings. The van der Waals surface area contributed by atoms with Crippen LogP contribution in [0.4, 0.5) is 0 Å². The van der Waals surface area contributed by atoms with E-state index < -0.39 is 6.10 Å². The summed E-state index contributed by atoms with van der Waals surface area (Å²) >= 11 is 0. The van der Waals surface area contributed by atoms with Crippen molar-refractivity contribution >= 4 is 5.91 Å². The number of methoxy groups -OCH3 is 1. The lowest BCUT2D eigenvalue weighted by Crippen LogP contribution is -2.62. The Morgan fingerprint density at radius 1 is 1.53 bits per heavy atom. The zero-order valence-electron chi connectivity index (χ0n) is 10.3. The van der Waals surface area contributed by atoms with E-state index in [1.165, 1.54) is 5.57 Å². The molecule has 2 fully saturated rings. The summed E-state index contributed by atoms with van der Waals surface area (Å²) in [5.74, 6) is 0.275. The fourth-order valence-corrected chi connectivity index (χ4v) is 3.70. The summed E-state index contributed by atoms with van der Waals surface area (Å²) in [7, 11) is 1.73. The summed E-state index contributed by atoms with van der Waals surface area (Å²) in [5, 5.41) is 9.70. The Kier molecular flexibility index (Phi) is 2.52. The molecule has 2 aliphatic heterocycles. The topological polar surface area (TPSA) is 49.8 Å². The van der Waals surface area contributed by atoms with Crippen molar-refractivity contribution in [3.05, 3.63) is 11.8 Å². The summed E-state index contributed by atoms with van der Waals surface area (Å²) in [6, 6.07) is 0.190. The maximum atomic E-state index is 11.9. The molecule has 1 N–H and O–H groups in total. The van der Waals surface area contributed by atoms with E-state index in [9.17, 15) is 9.90 Å². The molecule has 0 spiro atoms. The summed E-state index contributed by atoms with van der Waals surface area (Å²) < 4.78 is 5.49. The number of ether oxygens (including phenoxy) is 1. The number of aliphatic hydroxyl groups excluding tert-OH is 1. The molecule has 5 atom stereocenters. The molecule has 3 rings (SSSR count). The predicted molar refractivity (Wildman–Crippen MR) is 62.0 cm³/mol. The first-order chi connectivity index (χ1) is 8.15. The van der Waals surface area contributed by atoms with Gasteiger partial charge in [0.15, 0.2) is 0 Å². The molecule has 0 unspecified atom stereocenters. The summed E-state index contributed by atoms with van der Waals surface area (Å²) in [4.78, 5) is 13.7. The highest BCUT2D eigenvalue weighted by molar-refractivity contribution is 5.89. The van der Waals surface area contributed by atoms with Gasteiger partial charge >= 0.3 is 0 Å². The van der Waals surface area contributed by atoms with E-state index in [1.54, 1.807) is 14.0 Å². The predicted octanol–water partition coefficient (Wildman–Crippen LogP) is 0.907. The van der Waals surface area contributed by atoms with Gasteiger partial charge in [0.05, 0.1) is 24.2 Å². The van der Waals surface area contributed by atoms with Gasteiger partial charge in [-0.2, -0.15) is 0 Å². The molecule has 4 heteroatoms. The molecule has 2 heterocycles. The maximum absolute atomic E-state index is 11.9. The molecule has 0 aromatic carbocycles. The molecule has 0 radical (unpaired) electrons. The largest absolute Gasteiger partial charge is 0.393 e. The number of carbonyl (C=O) groups is 1. The van der Waals surface area contributed by atoms with Crippen molar-refractivity contribution in [3.8, 4) is 0 Å². The van der Waals surface area contributed by atoms with Gasteiger partial charge in [0, 0.05) is 19.2 Å². The molecule has 1 saturated carbocycles. The lowest BCUT2D eigenvalue weighted by atomic mass is 9.72. The van der Waals surface area contributed by atoms with Gasteiger partial charge in [0.25, 0.3) is 0 Å². The van der Waals surface area contributed by atoms with Gasteiger partial charge in [0.2, 0.25) is 5.91 Å². The standard InChI is InChI=1S/C13H19NO3/c1-7(15)11-12-8-4-3-5-10(17-2)9(8)6-14(12)13(11)16/h6-8,10-12,15H,3-5H2,1-2H3/t7-,8+,10+,11-,12-/m1/s1. The number of amides is 1. The number of hydrogen-bond donors (Lipinski definition) is 1. The van der Waals surface area contributed by atoms with Gasteiger partial charge in [-0.3, -0.25) is 4.79 Å². The van der Waals surface area contributed by atoms with Gasteiger partial charge in [-0.1, -0.05) is 0 Å². The van der Waals surface area contributed by atoms with Crippen LogP contribution in [-0.2, 0) is 9.53 Å². The van der Waals surface area contributed by atoms with Crippen LogP contribution in [0.25, 0.3) is 0 Å². The van der Waals surface area contributed by atoms with Crippen molar-refractivity contribution < 1.29 is 14.6 Å². The van der Waals surface area contributed by atoms with Crippen molar-refractivity contribution in [1.82, 2.24) is 4.90 Å². The monoisotopic (exact) mass is 237 g/mol. The fourth-order valence-electron chi connectivity index (χ4n) is 3.70. The van der Waals surface area contributed by atoms with Gasteiger partial charge in [0.1, 0.15) is 0 Å². The van der Waals surface area contributed by atoms with Crippen molar-refractivity contribution in [2.45, 2.75) is 44.4 Å². The molecule has 1 amide bonds. The molecule has 1 aliphatic carbocycles. The average Bonchev–Trinajstić information content (AvgIpc) is 2.63. The normalized spacial score (nSPS) is 41.5. The second-order valence-corrected chi connectivity index (χ2v) is 5.39. The van der Waals surface area contributed by atoms with Crippen molar-refractivity contribution in [1.29, 1.82) is 0 Å².